The van der Waals surface area contributed by atoms with Gasteiger partial charge in [-0.3, -0.25) is 9.25 Å². The number of aryl methyl sites for hydroxylation is 1. The van der Waals surface area contributed by atoms with E-state index in [0.29, 0.717) is 22.9 Å². The number of para-hydroxylation sites is 1. The topological polar surface area (TPSA) is 140 Å². The van der Waals surface area contributed by atoms with Crippen LogP contribution in [0.2, 0.25) is 0 Å². The molecule has 14 heteroatoms. The van der Waals surface area contributed by atoms with Crippen molar-refractivity contribution in [3.63, 3.8) is 0 Å². The van der Waals surface area contributed by atoms with Crippen LogP contribution in [0.25, 0.3) is 17.2 Å². The molecule has 4 aromatic rings. The number of methoxy groups -OCH3 is 2. The first-order valence-corrected chi connectivity index (χ1v) is 12.2. The zero-order valence-corrected chi connectivity index (χ0v) is 20.3. The summed E-state index contributed by atoms with van der Waals surface area (Å²) in [6, 6.07) is 5.17. The van der Waals surface area contributed by atoms with Gasteiger partial charge in [-0.25, -0.2) is 22.8 Å². The highest BCUT2D eigenvalue weighted by Crippen LogP contribution is 2.36. The fourth-order valence-corrected chi connectivity index (χ4v) is 4.70. The van der Waals surface area contributed by atoms with E-state index < -0.39 is 26.7 Å². The fraction of sp³-hybridized carbons (Fsp3) is 0.333. The molecule has 0 spiro atoms. The van der Waals surface area contributed by atoms with Gasteiger partial charge in [0.2, 0.25) is 0 Å². The first-order valence-electron chi connectivity index (χ1n) is 10.4. The van der Waals surface area contributed by atoms with Crippen molar-refractivity contribution in [3.05, 3.63) is 54.3 Å². The number of nitrogens with zero attached hydrogens (tertiary/aromatic N) is 8. The number of halogens is 1. The summed E-state index contributed by atoms with van der Waals surface area (Å²) < 4.78 is 53.8. The van der Waals surface area contributed by atoms with Gasteiger partial charge in [-0.05, 0) is 19.1 Å². The van der Waals surface area contributed by atoms with Crippen LogP contribution < -0.4 is 9.47 Å². The lowest BCUT2D eigenvalue weighted by molar-refractivity contribution is 0.390. The Labute approximate surface area is 200 Å². The normalized spacial score (nSPS) is 12.5. The molecule has 0 amide bonds. The second-order valence-electron chi connectivity index (χ2n) is 7.70. The van der Waals surface area contributed by atoms with E-state index in [2.05, 4.69) is 30.5 Å². The van der Waals surface area contributed by atoms with Gasteiger partial charge < -0.3 is 9.47 Å². The second kappa shape index (κ2) is 9.74. The molecular formula is C21H23FN8O4S. The van der Waals surface area contributed by atoms with E-state index in [0.717, 1.165) is 12.4 Å². The molecule has 1 aromatic carbocycles. The summed E-state index contributed by atoms with van der Waals surface area (Å²) in [6.45, 7) is 1.54. The van der Waals surface area contributed by atoms with Gasteiger partial charge in [0.15, 0.2) is 33.0 Å². The monoisotopic (exact) mass is 502 g/mol. The Morgan fingerprint density at radius 3 is 2.29 bits per heavy atom. The Morgan fingerprint density at radius 2 is 1.71 bits per heavy atom. The Bertz CT molecular complexity index is 1410. The van der Waals surface area contributed by atoms with Crippen molar-refractivity contribution in [2.24, 2.45) is 7.05 Å². The molecule has 0 aliphatic heterocycles. The number of ether oxygens (including phenoxy) is 2. The molecule has 35 heavy (non-hydrogen) atoms. The van der Waals surface area contributed by atoms with Gasteiger partial charge in [-0.15, -0.1) is 15.3 Å². The van der Waals surface area contributed by atoms with Crippen molar-refractivity contribution in [3.8, 4) is 28.7 Å². The molecule has 0 saturated heterocycles. The van der Waals surface area contributed by atoms with Gasteiger partial charge >= 0.3 is 0 Å². The van der Waals surface area contributed by atoms with Crippen molar-refractivity contribution in [2.75, 3.05) is 14.2 Å². The lowest BCUT2D eigenvalue weighted by Crippen LogP contribution is -2.24. The average Bonchev–Trinajstić information content (AvgIpc) is 3.45. The number of aromatic nitrogens is 8. The van der Waals surface area contributed by atoms with Crippen LogP contribution in [0.5, 0.6) is 11.5 Å². The van der Waals surface area contributed by atoms with E-state index >= 15 is 0 Å². The average molecular weight is 503 g/mol. The Hall–Kier alpha value is -3.94. The molecule has 0 bridgehead atoms. The summed E-state index contributed by atoms with van der Waals surface area (Å²) in [4.78, 5) is 7.72. The molecule has 0 N–H and O–H groups in total. The predicted octanol–water partition coefficient (Wildman–Crippen LogP) is 1.56. The highest BCUT2D eigenvalue weighted by Gasteiger charge is 2.30. The third kappa shape index (κ3) is 4.96. The van der Waals surface area contributed by atoms with Gasteiger partial charge in [-0.1, -0.05) is 11.3 Å². The summed E-state index contributed by atoms with van der Waals surface area (Å²) >= 11 is 0. The van der Waals surface area contributed by atoms with Crippen molar-refractivity contribution >= 4 is 9.84 Å². The number of hydrogen-bond donors (Lipinski definition) is 0. The molecular weight excluding hydrogens is 479 g/mol. The molecule has 0 unspecified atom stereocenters. The minimum absolute atomic E-state index is 0.00570. The van der Waals surface area contributed by atoms with Crippen LogP contribution >= 0.6 is 0 Å². The van der Waals surface area contributed by atoms with Gasteiger partial charge in [0.05, 0.1) is 38.1 Å². The Morgan fingerprint density at radius 1 is 1.06 bits per heavy atom. The highest BCUT2D eigenvalue weighted by molar-refractivity contribution is 7.91. The molecule has 0 saturated carbocycles. The molecule has 12 nitrogen and oxygen atoms in total. The van der Waals surface area contributed by atoms with Crippen LogP contribution in [0.15, 0.2) is 36.8 Å². The van der Waals surface area contributed by atoms with Crippen molar-refractivity contribution < 1.29 is 22.3 Å². The summed E-state index contributed by atoms with van der Waals surface area (Å²) in [5.74, 6) is 0.390. The van der Waals surface area contributed by atoms with Crippen LogP contribution in [-0.2, 0) is 29.1 Å². The van der Waals surface area contributed by atoms with Crippen molar-refractivity contribution in [1.29, 1.82) is 0 Å². The van der Waals surface area contributed by atoms with Crippen LogP contribution in [0, 0.1) is 5.82 Å². The van der Waals surface area contributed by atoms with Crippen LogP contribution in [0.4, 0.5) is 4.39 Å². The van der Waals surface area contributed by atoms with E-state index in [1.54, 1.807) is 36.0 Å². The van der Waals surface area contributed by atoms with E-state index in [1.807, 2.05) is 0 Å². The minimum Gasteiger partial charge on any atom is -0.494 e. The summed E-state index contributed by atoms with van der Waals surface area (Å²) in [5.41, 5.74) is 0.798. The Kier molecular flexibility index (Phi) is 6.73. The maximum absolute atomic E-state index is 13.3. The molecule has 0 radical (unpaired) electrons. The fourth-order valence-electron chi connectivity index (χ4n) is 3.46. The van der Waals surface area contributed by atoms with Crippen molar-refractivity contribution in [1.82, 2.24) is 39.7 Å². The van der Waals surface area contributed by atoms with Gasteiger partial charge in [0, 0.05) is 13.5 Å². The summed E-state index contributed by atoms with van der Waals surface area (Å²) in [5, 5.41) is 15.6. The molecule has 184 valence electrons. The number of hydrogen-bond acceptors (Lipinski definition) is 10. The highest BCUT2D eigenvalue weighted by atomic mass is 32.2. The second-order valence-corrected chi connectivity index (χ2v) is 10.1. The largest absolute Gasteiger partial charge is 0.494 e. The zero-order valence-electron chi connectivity index (χ0n) is 19.5. The minimum atomic E-state index is -3.77. The van der Waals surface area contributed by atoms with Crippen molar-refractivity contribution in [2.45, 2.75) is 24.3 Å². The summed E-state index contributed by atoms with van der Waals surface area (Å²) in [6.07, 6.45) is 3.64. The van der Waals surface area contributed by atoms with Crippen LogP contribution in [-0.4, -0.2) is 67.6 Å². The maximum Gasteiger partial charge on any atom is 0.191 e. The molecule has 1 atom stereocenters. The first kappa shape index (κ1) is 24.2. The number of benzene rings is 1. The number of sulfone groups is 1. The maximum atomic E-state index is 13.3. The van der Waals surface area contributed by atoms with E-state index in [9.17, 15) is 12.8 Å². The smallest absolute Gasteiger partial charge is 0.191 e. The molecule has 0 aliphatic rings. The van der Waals surface area contributed by atoms with Gasteiger partial charge in [-0.2, -0.15) is 0 Å². The molecule has 0 fully saturated rings. The predicted molar refractivity (Wildman–Crippen MR) is 122 cm³/mol. The quantitative estimate of drug-likeness (QED) is 0.331. The lowest BCUT2D eigenvalue weighted by atomic mass is 10.2. The van der Waals surface area contributed by atoms with E-state index in [1.165, 1.54) is 25.8 Å². The molecule has 3 heterocycles. The standard InChI is InChI=1S/C21H23FN8O4S/c1-13(8-18-23-9-14(22)10-24-18)35(31,32)12-19-26-27-21(15-11-29(2)28-25-15)30(19)20-16(33-3)6-5-7-17(20)34-4/h5-7,9-11,13H,8,12H2,1-4H3/t13-/m1/s1. The van der Waals surface area contributed by atoms with Crippen LogP contribution in [0.3, 0.4) is 0 Å². The van der Waals surface area contributed by atoms with E-state index in [4.69, 9.17) is 9.47 Å². The SMILES string of the molecule is COc1cccc(OC)c1-n1c(CS(=O)(=O)[C@H](C)Cc2ncc(F)cn2)nnc1-c1cn(C)nn1. The van der Waals surface area contributed by atoms with Gasteiger partial charge in [0.25, 0.3) is 0 Å². The number of rotatable bonds is 9. The third-order valence-corrected chi connectivity index (χ3v) is 7.33. The first-order chi connectivity index (χ1) is 16.7. The molecule has 0 aliphatic carbocycles. The van der Waals surface area contributed by atoms with E-state index in [-0.39, 0.29) is 23.9 Å². The Balaban J connectivity index is 1.79. The molecule has 3 aromatic heterocycles. The lowest BCUT2D eigenvalue weighted by Gasteiger charge is -2.17. The van der Waals surface area contributed by atoms with Crippen LogP contribution in [0.1, 0.15) is 18.6 Å². The zero-order chi connectivity index (χ0) is 25.2. The summed E-state index contributed by atoms with van der Waals surface area (Å²) in [7, 11) is 0.909. The third-order valence-electron chi connectivity index (χ3n) is 5.27. The molecule has 4 rings (SSSR count). The van der Waals surface area contributed by atoms with Gasteiger partial charge in [0.1, 0.15) is 28.8 Å².